The number of hydrogen-bond acceptors (Lipinski definition) is 4. The molecule has 1 rings (SSSR count). The highest BCUT2D eigenvalue weighted by atomic mass is 32.1. The van der Waals surface area contributed by atoms with E-state index in [0.717, 1.165) is 4.88 Å². The molecule has 0 aliphatic rings. The lowest BCUT2D eigenvalue weighted by atomic mass is 10.1. The Hall–Kier alpha value is -1.36. The van der Waals surface area contributed by atoms with Crippen molar-refractivity contribution in [2.45, 2.75) is 19.3 Å². The van der Waals surface area contributed by atoms with Gasteiger partial charge in [-0.2, -0.15) is 0 Å². The van der Waals surface area contributed by atoms with Gasteiger partial charge in [0.2, 0.25) is 0 Å². The van der Waals surface area contributed by atoms with Gasteiger partial charge in [-0.3, -0.25) is 4.79 Å². The highest BCUT2D eigenvalue weighted by Gasteiger charge is 2.15. The van der Waals surface area contributed by atoms with Gasteiger partial charge in [-0.1, -0.05) is 6.92 Å². The lowest BCUT2D eigenvalue weighted by Crippen LogP contribution is -2.01. The Morgan fingerprint density at radius 2 is 2.20 bits per heavy atom. The van der Waals surface area contributed by atoms with Crippen molar-refractivity contribution in [2.24, 2.45) is 0 Å². The van der Waals surface area contributed by atoms with Gasteiger partial charge >= 0.3 is 11.9 Å². The summed E-state index contributed by atoms with van der Waals surface area (Å²) < 4.78 is 4.57. The molecular formula is C10H12O4S. The minimum atomic E-state index is -0.837. The molecule has 0 spiro atoms. The normalized spacial score (nSPS) is 12.1. The molecule has 1 heterocycles. The molecule has 0 saturated carbocycles. The van der Waals surface area contributed by atoms with Gasteiger partial charge in [0, 0.05) is 10.8 Å². The van der Waals surface area contributed by atoms with Crippen molar-refractivity contribution in [2.75, 3.05) is 7.11 Å². The average Bonchev–Trinajstić information content (AvgIpc) is 2.64. The Balaban J connectivity index is 2.75. The molecule has 0 radical (unpaired) electrons. The highest BCUT2D eigenvalue weighted by Crippen LogP contribution is 2.27. The first kappa shape index (κ1) is 11.7. The van der Waals surface area contributed by atoms with Gasteiger partial charge in [-0.15, -0.1) is 11.3 Å². The van der Waals surface area contributed by atoms with Crippen molar-refractivity contribution in [1.29, 1.82) is 0 Å². The summed E-state index contributed by atoms with van der Waals surface area (Å²) in [6.45, 7) is 1.82. The second-order valence-corrected chi connectivity index (χ2v) is 4.31. The van der Waals surface area contributed by atoms with Crippen LogP contribution in [0.1, 0.15) is 33.8 Å². The molecule has 1 atom stereocenters. The number of rotatable bonds is 4. The Bertz CT molecular complexity index is 369. The number of esters is 1. The standard InChI is InChI=1S/C10H12O4S/c1-6(5-9(11)12)7-3-4-8(15-7)10(13)14-2/h3-4,6H,5H2,1-2H3,(H,11,12). The van der Waals surface area contributed by atoms with Crippen LogP contribution in [0.25, 0.3) is 0 Å². The van der Waals surface area contributed by atoms with Crippen LogP contribution in [0.3, 0.4) is 0 Å². The van der Waals surface area contributed by atoms with Crippen LogP contribution in [0.2, 0.25) is 0 Å². The number of methoxy groups -OCH3 is 1. The number of carbonyl (C=O) groups is 2. The Labute approximate surface area is 91.5 Å². The van der Waals surface area contributed by atoms with Gasteiger partial charge in [0.05, 0.1) is 13.5 Å². The predicted octanol–water partition coefficient (Wildman–Crippen LogP) is 2.11. The van der Waals surface area contributed by atoms with Crippen molar-refractivity contribution < 1.29 is 19.4 Å². The van der Waals surface area contributed by atoms with Crippen molar-refractivity contribution >= 4 is 23.3 Å². The molecule has 0 aliphatic heterocycles. The molecule has 0 saturated heterocycles. The molecule has 15 heavy (non-hydrogen) atoms. The average molecular weight is 228 g/mol. The zero-order chi connectivity index (χ0) is 11.4. The molecule has 0 amide bonds. The maximum absolute atomic E-state index is 11.1. The number of aliphatic carboxylic acids is 1. The quantitative estimate of drug-likeness (QED) is 0.802. The molecule has 1 aromatic rings. The summed E-state index contributed by atoms with van der Waals surface area (Å²) in [5.41, 5.74) is 0. The van der Waals surface area contributed by atoms with E-state index in [9.17, 15) is 9.59 Å². The summed E-state index contributed by atoms with van der Waals surface area (Å²) in [5, 5.41) is 8.62. The first-order valence-corrected chi connectivity index (χ1v) is 5.26. The zero-order valence-electron chi connectivity index (χ0n) is 8.52. The van der Waals surface area contributed by atoms with E-state index < -0.39 is 5.97 Å². The topological polar surface area (TPSA) is 63.6 Å². The fourth-order valence-electron chi connectivity index (χ4n) is 1.19. The van der Waals surface area contributed by atoms with E-state index in [1.165, 1.54) is 18.4 Å². The Morgan fingerprint density at radius 1 is 1.53 bits per heavy atom. The number of ether oxygens (including phenoxy) is 1. The minimum absolute atomic E-state index is 0.0706. The van der Waals surface area contributed by atoms with Crippen molar-refractivity contribution in [1.82, 2.24) is 0 Å². The summed E-state index contributed by atoms with van der Waals surface area (Å²) in [6, 6.07) is 3.43. The number of carbonyl (C=O) groups excluding carboxylic acids is 1. The molecule has 0 aliphatic carbocycles. The van der Waals surface area contributed by atoms with Gasteiger partial charge < -0.3 is 9.84 Å². The van der Waals surface area contributed by atoms with E-state index in [1.807, 2.05) is 6.92 Å². The SMILES string of the molecule is COC(=O)c1ccc(C(C)CC(=O)O)s1. The largest absolute Gasteiger partial charge is 0.481 e. The van der Waals surface area contributed by atoms with Crippen LogP contribution in [0.5, 0.6) is 0 Å². The molecule has 5 heteroatoms. The molecular weight excluding hydrogens is 216 g/mol. The van der Waals surface area contributed by atoms with Gasteiger partial charge in [0.25, 0.3) is 0 Å². The monoisotopic (exact) mass is 228 g/mol. The molecule has 1 N–H and O–H groups in total. The van der Waals surface area contributed by atoms with Crippen molar-refractivity contribution in [3.05, 3.63) is 21.9 Å². The fraction of sp³-hybridized carbons (Fsp3) is 0.400. The van der Waals surface area contributed by atoms with Crippen molar-refractivity contribution in [3.63, 3.8) is 0 Å². The number of carboxylic acid groups (broad SMARTS) is 1. The van der Waals surface area contributed by atoms with Gasteiger partial charge in [0.15, 0.2) is 0 Å². The molecule has 1 aromatic heterocycles. The maximum atomic E-state index is 11.1. The predicted molar refractivity (Wildman–Crippen MR) is 56.3 cm³/mol. The van der Waals surface area contributed by atoms with E-state index >= 15 is 0 Å². The van der Waals surface area contributed by atoms with Crippen LogP contribution in [0.4, 0.5) is 0 Å². The first-order valence-electron chi connectivity index (χ1n) is 4.44. The molecule has 4 nitrogen and oxygen atoms in total. The third kappa shape index (κ3) is 3.06. The van der Waals surface area contributed by atoms with Crippen LogP contribution in [0.15, 0.2) is 12.1 Å². The van der Waals surface area contributed by atoms with Crippen LogP contribution in [0, 0.1) is 0 Å². The van der Waals surface area contributed by atoms with Gasteiger partial charge in [0.1, 0.15) is 4.88 Å². The Morgan fingerprint density at radius 3 is 2.73 bits per heavy atom. The lowest BCUT2D eigenvalue weighted by Gasteiger charge is -2.04. The van der Waals surface area contributed by atoms with Crippen LogP contribution in [-0.2, 0) is 9.53 Å². The number of thiophene rings is 1. The summed E-state index contributed by atoms with van der Waals surface area (Å²) in [6.07, 6.45) is 0.0706. The minimum Gasteiger partial charge on any atom is -0.481 e. The third-order valence-electron chi connectivity index (χ3n) is 1.98. The summed E-state index contributed by atoms with van der Waals surface area (Å²) in [7, 11) is 1.32. The second-order valence-electron chi connectivity index (χ2n) is 3.19. The van der Waals surface area contributed by atoms with Gasteiger partial charge in [-0.05, 0) is 12.1 Å². The summed E-state index contributed by atoms with van der Waals surface area (Å²) in [4.78, 5) is 23.0. The van der Waals surface area contributed by atoms with Crippen molar-refractivity contribution in [3.8, 4) is 0 Å². The highest BCUT2D eigenvalue weighted by molar-refractivity contribution is 7.14. The molecule has 0 aromatic carbocycles. The Kier molecular flexibility index (Phi) is 3.85. The van der Waals surface area contributed by atoms with E-state index in [2.05, 4.69) is 4.74 Å². The number of carboxylic acids is 1. The first-order chi connectivity index (χ1) is 7.04. The molecule has 1 unspecified atom stereocenters. The third-order valence-corrected chi connectivity index (χ3v) is 3.28. The van der Waals surface area contributed by atoms with E-state index in [-0.39, 0.29) is 18.3 Å². The molecule has 0 fully saturated rings. The lowest BCUT2D eigenvalue weighted by molar-refractivity contribution is -0.137. The van der Waals surface area contributed by atoms with Crippen LogP contribution >= 0.6 is 11.3 Å². The molecule has 0 bridgehead atoms. The second kappa shape index (κ2) is 4.93. The van der Waals surface area contributed by atoms with E-state index in [0.29, 0.717) is 4.88 Å². The summed E-state index contributed by atoms with van der Waals surface area (Å²) in [5.74, 6) is -1.30. The summed E-state index contributed by atoms with van der Waals surface area (Å²) >= 11 is 1.28. The van der Waals surface area contributed by atoms with Crippen LogP contribution in [-0.4, -0.2) is 24.2 Å². The maximum Gasteiger partial charge on any atom is 0.348 e. The zero-order valence-corrected chi connectivity index (χ0v) is 9.34. The number of hydrogen-bond donors (Lipinski definition) is 1. The van der Waals surface area contributed by atoms with Gasteiger partial charge in [-0.25, -0.2) is 4.79 Å². The van der Waals surface area contributed by atoms with E-state index in [1.54, 1.807) is 12.1 Å². The molecule has 82 valence electrons. The van der Waals surface area contributed by atoms with Crippen LogP contribution < -0.4 is 0 Å². The fourth-order valence-corrected chi connectivity index (χ4v) is 2.17. The van der Waals surface area contributed by atoms with E-state index in [4.69, 9.17) is 5.11 Å². The smallest absolute Gasteiger partial charge is 0.348 e.